The van der Waals surface area contributed by atoms with Crippen LogP contribution in [0.1, 0.15) is 30.4 Å². The molecule has 14 heavy (non-hydrogen) atoms. The van der Waals surface area contributed by atoms with Gasteiger partial charge >= 0.3 is 0 Å². The minimum Gasteiger partial charge on any atom is -0.316 e. The molecule has 0 aliphatic carbocycles. The highest BCUT2D eigenvalue weighted by Gasteiger charge is 2.26. The number of hydrogen-bond donors (Lipinski definition) is 1. The fraction of sp³-hybridized carbons (Fsp3) is 0.538. The lowest BCUT2D eigenvalue weighted by atomic mass is 9.87. The van der Waals surface area contributed by atoms with Gasteiger partial charge in [-0.25, -0.2) is 0 Å². The Bertz CT molecular complexity index is 306. The maximum atomic E-state index is 3.49. The van der Waals surface area contributed by atoms with Crippen molar-refractivity contribution in [3.8, 4) is 0 Å². The number of rotatable bonds is 2. The molecule has 1 aliphatic heterocycles. The largest absolute Gasteiger partial charge is 0.316 e. The Kier molecular flexibility index (Phi) is 2.87. The average molecular weight is 189 g/mol. The highest BCUT2D eigenvalue weighted by atomic mass is 14.9. The van der Waals surface area contributed by atoms with Crippen LogP contribution in [0.5, 0.6) is 0 Å². The van der Waals surface area contributed by atoms with Gasteiger partial charge in [0.15, 0.2) is 0 Å². The molecule has 0 unspecified atom stereocenters. The molecule has 0 aromatic heterocycles. The van der Waals surface area contributed by atoms with Crippen LogP contribution in [0.3, 0.4) is 0 Å². The Labute approximate surface area is 86.5 Å². The van der Waals surface area contributed by atoms with E-state index in [2.05, 4.69) is 43.4 Å². The van der Waals surface area contributed by atoms with Crippen molar-refractivity contribution in [2.45, 2.75) is 26.2 Å². The van der Waals surface area contributed by atoms with E-state index in [0.29, 0.717) is 0 Å². The van der Waals surface area contributed by atoms with Crippen LogP contribution in [-0.4, -0.2) is 13.1 Å². The van der Waals surface area contributed by atoms with E-state index in [1.54, 1.807) is 0 Å². The van der Waals surface area contributed by atoms with E-state index in [1.165, 1.54) is 24.1 Å². The lowest BCUT2D eigenvalue weighted by molar-refractivity contribution is 0.502. The smallest absolute Gasteiger partial charge is 0.00234 e. The Morgan fingerprint density at radius 3 is 2.93 bits per heavy atom. The Hall–Kier alpha value is -0.820. The molecule has 1 fully saturated rings. The van der Waals surface area contributed by atoms with Gasteiger partial charge in [0, 0.05) is 12.5 Å². The molecule has 0 spiro atoms. The molecule has 0 saturated carbocycles. The summed E-state index contributed by atoms with van der Waals surface area (Å²) >= 11 is 0. The Morgan fingerprint density at radius 2 is 2.21 bits per heavy atom. The molecule has 1 saturated heterocycles. The van der Waals surface area contributed by atoms with Gasteiger partial charge in [0.2, 0.25) is 0 Å². The molecular formula is C13H19N. The molecule has 2 rings (SSSR count). The quantitative estimate of drug-likeness (QED) is 0.754. The standard InChI is InChI=1S/C13H19N/c1-3-11-8-14-9-13(11)12-6-4-5-10(2)7-12/h4-7,11,13-14H,3,8-9H2,1-2H3/t11-,13-/m1/s1. The maximum absolute atomic E-state index is 3.49. The highest BCUT2D eigenvalue weighted by Crippen LogP contribution is 2.30. The van der Waals surface area contributed by atoms with Gasteiger partial charge in [0.1, 0.15) is 0 Å². The molecule has 1 nitrogen and oxygen atoms in total. The maximum Gasteiger partial charge on any atom is 0.00234 e. The van der Waals surface area contributed by atoms with Crippen LogP contribution in [0.25, 0.3) is 0 Å². The van der Waals surface area contributed by atoms with E-state index in [4.69, 9.17) is 0 Å². The number of benzene rings is 1. The monoisotopic (exact) mass is 189 g/mol. The van der Waals surface area contributed by atoms with Crippen molar-refractivity contribution in [1.29, 1.82) is 0 Å². The lowest BCUT2D eigenvalue weighted by Gasteiger charge is -2.17. The molecule has 1 N–H and O–H groups in total. The summed E-state index contributed by atoms with van der Waals surface area (Å²) in [6.45, 7) is 6.81. The van der Waals surface area contributed by atoms with Gasteiger partial charge in [0.05, 0.1) is 0 Å². The van der Waals surface area contributed by atoms with Gasteiger partial charge in [-0.3, -0.25) is 0 Å². The minimum absolute atomic E-state index is 0.736. The zero-order valence-corrected chi connectivity index (χ0v) is 9.09. The van der Waals surface area contributed by atoms with Crippen LogP contribution < -0.4 is 5.32 Å². The Balaban J connectivity index is 2.21. The molecule has 2 atom stereocenters. The molecule has 0 amide bonds. The fourth-order valence-corrected chi connectivity index (χ4v) is 2.45. The van der Waals surface area contributed by atoms with Crippen LogP contribution in [0.15, 0.2) is 24.3 Å². The fourth-order valence-electron chi connectivity index (χ4n) is 2.45. The summed E-state index contributed by atoms with van der Waals surface area (Å²) in [5, 5.41) is 3.49. The van der Waals surface area contributed by atoms with Crippen molar-refractivity contribution in [2.75, 3.05) is 13.1 Å². The molecule has 0 radical (unpaired) electrons. The molecule has 0 bridgehead atoms. The number of hydrogen-bond acceptors (Lipinski definition) is 1. The second kappa shape index (κ2) is 4.14. The van der Waals surface area contributed by atoms with E-state index in [0.717, 1.165) is 18.4 Å². The van der Waals surface area contributed by atoms with Gasteiger partial charge in [-0.15, -0.1) is 0 Å². The second-order valence-corrected chi connectivity index (χ2v) is 4.35. The average Bonchev–Trinajstić information content (AvgIpc) is 2.65. The molecule has 1 aromatic carbocycles. The van der Waals surface area contributed by atoms with E-state index in [1.807, 2.05) is 0 Å². The van der Waals surface area contributed by atoms with Crippen LogP contribution in [0.2, 0.25) is 0 Å². The first-order valence-electron chi connectivity index (χ1n) is 5.58. The van der Waals surface area contributed by atoms with Crippen LogP contribution in [0, 0.1) is 12.8 Å². The first-order chi connectivity index (χ1) is 6.81. The topological polar surface area (TPSA) is 12.0 Å². The van der Waals surface area contributed by atoms with Gasteiger partial charge in [-0.05, 0) is 24.9 Å². The van der Waals surface area contributed by atoms with Crippen molar-refractivity contribution in [3.63, 3.8) is 0 Å². The Morgan fingerprint density at radius 1 is 1.36 bits per heavy atom. The molecule has 1 aliphatic rings. The second-order valence-electron chi connectivity index (χ2n) is 4.35. The first kappa shape index (κ1) is 9.72. The third-order valence-electron chi connectivity index (χ3n) is 3.33. The van der Waals surface area contributed by atoms with Crippen molar-refractivity contribution < 1.29 is 0 Å². The third-order valence-corrected chi connectivity index (χ3v) is 3.33. The third kappa shape index (κ3) is 1.83. The molecule has 76 valence electrons. The SMILES string of the molecule is CC[C@@H]1CNC[C@H]1c1cccc(C)c1. The number of aryl methyl sites for hydroxylation is 1. The van der Waals surface area contributed by atoms with Crippen LogP contribution in [-0.2, 0) is 0 Å². The zero-order valence-electron chi connectivity index (χ0n) is 9.09. The molecule has 1 aromatic rings. The summed E-state index contributed by atoms with van der Waals surface area (Å²) in [5.41, 5.74) is 2.89. The van der Waals surface area contributed by atoms with Gasteiger partial charge in [-0.1, -0.05) is 43.2 Å². The lowest BCUT2D eigenvalue weighted by Crippen LogP contribution is -2.09. The predicted octanol–water partition coefficient (Wildman–Crippen LogP) is 2.71. The van der Waals surface area contributed by atoms with Gasteiger partial charge < -0.3 is 5.32 Å². The predicted molar refractivity (Wildman–Crippen MR) is 60.6 cm³/mol. The highest BCUT2D eigenvalue weighted by molar-refractivity contribution is 5.27. The van der Waals surface area contributed by atoms with Gasteiger partial charge in [-0.2, -0.15) is 0 Å². The van der Waals surface area contributed by atoms with E-state index < -0.39 is 0 Å². The van der Waals surface area contributed by atoms with Crippen molar-refractivity contribution in [2.24, 2.45) is 5.92 Å². The van der Waals surface area contributed by atoms with Gasteiger partial charge in [0.25, 0.3) is 0 Å². The summed E-state index contributed by atoms with van der Waals surface area (Å²) in [4.78, 5) is 0. The summed E-state index contributed by atoms with van der Waals surface area (Å²) in [6.07, 6.45) is 1.28. The van der Waals surface area contributed by atoms with Crippen LogP contribution >= 0.6 is 0 Å². The molecular weight excluding hydrogens is 170 g/mol. The molecule has 1 heterocycles. The van der Waals surface area contributed by atoms with Crippen molar-refractivity contribution in [1.82, 2.24) is 5.32 Å². The minimum atomic E-state index is 0.736. The van der Waals surface area contributed by atoms with Crippen LogP contribution in [0.4, 0.5) is 0 Å². The van der Waals surface area contributed by atoms with E-state index in [-0.39, 0.29) is 0 Å². The normalized spacial score (nSPS) is 26.7. The van der Waals surface area contributed by atoms with E-state index >= 15 is 0 Å². The van der Waals surface area contributed by atoms with E-state index in [9.17, 15) is 0 Å². The number of nitrogens with one attached hydrogen (secondary N) is 1. The van der Waals surface area contributed by atoms with Crippen molar-refractivity contribution in [3.05, 3.63) is 35.4 Å². The molecule has 1 heteroatoms. The summed E-state index contributed by atoms with van der Waals surface area (Å²) in [7, 11) is 0. The summed E-state index contributed by atoms with van der Waals surface area (Å²) in [5.74, 6) is 1.57. The zero-order chi connectivity index (χ0) is 9.97. The summed E-state index contributed by atoms with van der Waals surface area (Å²) < 4.78 is 0. The van der Waals surface area contributed by atoms with Crippen molar-refractivity contribution >= 4 is 0 Å². The summed E-state index contributed by atoms with van der Waals surface area (Å²) in [6, 6.07) is 8.95. The first-order valence-corrected chi connectivity index (χ1v) is 5.58.